The maximum atomic E-state index is 14.3. The third kappa shape index (κ3) is 6.34. The van der Waals surface area contributed by atoms with E-state index in [9.17, 15) is 35.9 Å². The van der Waals surface area contributed by atoms with Gasteiger partial charge in [-0.05, 0) is 52.7 Å². The smallest absolute Gasteiger partial charge is 0.444 e. The van der Waals surface area contributed by atoms with Crippen molar-refractivity contribution < 1.29 is 40.7 Å². The zero-order valence-corrected chi connectivity index (χ0v) is 20.8. The fraction of sp³-hybridized carbons (Fsp3) is 0.565. The first-order chi connectivity index (χ1) is 16.9. The van der Waals surface area contributed by atoms with E-state index in [1.165, 1.54) is 18.7 Å². The highest BCUT2D eigenvalue weighted by atomic mass is 19.4. The maximum Gasteiger partial charge on any atom is 0.451 e. The lowest BCUT2D eigenvalue weighted by Gasteiger charge is -2.42. The van der Waals surface area contributed by atoms with E-state index in [1.54, 1.807) is 20.8 Å². The average Bonchev–Trinajstić information content (AvgIpc) is 3.16. The van der Waals surface area contributed by atoms with Crippen molar-refractivity contribution in [3.63, 3.8) is 0 Å². The SMILES string of the molecule is CC(C)(C)OC(=O)NC(CC(=O)N1CCn2c(C(F)(F)F)nnc2C1(C)C)Cc1cc(F)c(F)cc1F. The topological polar surface area (TPSA) is 89.4 Å². The molecule has 1 atom stereocenters. The van der Waals surface area contributed by atoms with E-state index >= 15 is 0 Å². The summed E-state index contributed by atoms with van der Waals surface area (Å²) in [4.78, 5) is 27.0. The molecule has 2 aromatic rings. The lowest BCUT2D eigenvalue weighted by atomic mass is 9.96. The zero-order chi connectivity index (χ0) is 27.9. The lowest BCUT2D eigenvalue weighted by Crippen LogP contribution is -2.54. The van der Waals surface area contributed by atoms with Gasteiger partial charge in [0, 0.05) is 31.6 Å². The summed E-state index contributed by atoms with van der Waals surface area (Å²) >= 11 is 0. The number of hydrogen-bond donors (Lipinski definition) is 1. The Morgan fingerprint density at radius 2 is 1.68 bits per heavy atom. The van der Waals surface area contributed by atoms with Crippen molar-refractivity contribution >= 4 is 12.0 Å². The predicted molar refractivity (Wildman–Crippen MR) is 118 cm³/mol. The van der Waals surface area contributed by atoms with Crippen molar-refractivity contribution in [2.24, 2.45) is 0 Å². The zero-order valence-electron chi connectivity index (χ0n) is 20.8. The predicted octanol–water partition coefficient (Wildman–Crippen LogP) is 4.32. The van der Waals surface area contributed by atoms with Gasteiger partial charge in [0.1, 0.15) is 11.4 Å². The monoisotopic (exact) mass is 535 g/mol. The minimum absolute atomic E-state index is 0.0808. The minimum atomic E-state index is -4.73. The maximum absolute atomic E-state index is 14.3. The molecule has 14 heteroatoms. The molecule has 1 aromatic heterocycles. The molecule has 1 N–H and O–H groups in total. The summed E-state index contributed by atoms with van der Waals surface area (Å²) in [6.45, 7) is 7.44. The van der Waals surface area contributed by atoms with Crippen molar-refractivity contribution in [2.75, 3.05) is 6.54 Å². The minimum Gasteiger partial charge on any atom is -0.444 e. The molecule has 0 aliphatic carbocycles. The van der Waals surface area contributed by atoms with Crippen molar-refractivity contribution in [2.45, 2.75) is 77.4 Å². The van der Waals surface area contributed by atoms with Gasteiger partial charge < -0.3 is 19.5 Å². The molecule has 1 aromatic carbocycles. The lowest BCUT2D eigenvalue weighted by molar-refractivity contribution is -0.149. The van der Waals surface area contributed by atoms with Gasteiger partial charge in [-0.3, -0.25) is 4.79 Å². The summed E-state index contributed by atoms with van der Waals surface area (Å²) < 4.78 is 87.4. The number of carbonyl (C=O) groups is 2. The molecule has 0 spiro atoms. The van der Waals surface area contributed by atoms with Gasteiger partial charge in [-0.25, -0.2) is 18.0 Å². The van der Waals surface area contributed by atoms with E-state index in [1.807, 2.05) is 0 Å². The van der Waals surface area contributed by atoms with Gasteiger partial charge in [0.2, 0.25) is 11.7 Å². The number of alkyl carbamates (subject to hydrolysis) is 1. The second kappa shape index (κ2) is 9.86. The van der Waals surface area contributed by atoms with Crippen LogP contribution in [0.1, 0.15) is 58.3 Å². The molecule has 8 nitrogen and oxygen atoms in total. The fourth-order valence-electron chi connectivity index (χ4n) is 4.17. The van der Waals surface area contributed by atoms with Gasteiger partial charge in [0.15, 0.2) is 17.5 Å². The van der Waals surface area contributed by atoms with Crippen LogP contribution in [0.25, 0.3) is 0 Å². The highest BCUT2D eigenvalue weighted by Gasteiger charge is 2.46. The second-order valence-corrected chi connectivity index (χ2v) is 10.2. The van der Waals surface area contributed by atoms with Gasteiger partial charge in [0.25, 0.3) is 0 Å². The number of amides is 2. The van der Waals surface area contributed by atoms with Crippen LogP contribution in [-0.4, -0.2) is 49.9 Å². The van der Waals surface area contributed by atoms with Crippen molar-refractivity contribution in [1.82, 2.24) is 25.0 Å². The van der Waals surface area contributed by atoms with Gasteiger partial charge in [-0.15, -0.1) is 10.2 Å². The Morgan fingerprint density at radius 3 is 2.27 bits per heavy atom. The third-order valence-electron chi connectivity index (χ3n) is 5.77. The normalized spacial score (nSPS) is 16.2. The number of hydrogen-bond acceptors (Lipinski definition) is 5. The molecule has 0 saturated heterocycles. The summed E-state index contributed by atoms with van der Waals surface area (Å²) in [5, 5.41) is 9.35. The second-order valence-electron chi connectivity index (χ2n) is 10.2. The van der Waals surface area contributed by atoms with Gasteiger partial charge >= 0.3 is 12.3 Å². The first-order valence-corrected chi connectivity index (χ1v) is 11.3. The number of rotatable bonds is 5. The molecule has 1 unspecified atom stereocenters. The number of halogens is 6. The number of aromatic nitrogens is 3. The quantitative estimate of drug-likeness (QED) is 0.455. The Bertz CT molecular complexity index is 1190. The molecule has 204 valence electrons. The van der Waals surface area contributed by atoms with E-state index < -0.39 is 71.5 Å². The summed E-state index contributed by atoms with van der Waals surface area (Å²) in [5.41, 5.74) is -2.50. The van der Waals surface area contributed by atoms with E-state index in [-0.39, 0.29) is 24.5 Å². The molecule has 1 aliphatic rings. The number of carbonyl (C=O) groups excluding carboxylic acids is 2. The van der Waals surface area contributed by atoms with Crippen molar-refractivity contribution in [3.8, 4) is 0 Å². The number of nitrogens with one attached hydrogen (secondary N) is 1. The molecule has 2 heterocycles. The van der Waals surface area contributed by atoms with Crippen LogP contribution in [-0.2, 0) is 34.2 Å². The summed E-state index contributed by atoms with van der Waals surface area (Å²) in [5.74, 6) is -5.64. The summed E-state index contributed by atoms with van der Waals surface area (Å²) in [6, 6.07) is -0.135. The molecule has 37 heavy (non-hydrogen) atoms. The summed E-state index contributed by atoms with van der Waals surface area (Å²) in [7, 11) is 0. The highest BCUT2D eigenvalue weighted by molar-refractivity contribution is 5.79. The van der Waals surface area contributed by atoms with Crippen LogP contribution in [0.4, 0.5) is 31.1 Å². The first-order valence-electron chi connectivity index (χ1n) is 11.3. The molecule has 0 saturated carbocycles. The van der Waals surface area contributed by atoms with E-state index in [4.69, 9.17) is 4.74 Å². The number of fused-ring (bicyclic) bond motifs is 1. The van der Waals surface area contributed by atoms with E-state index in [0.29, 0.717) is 12.1 Å². The third-order valence-corrected chi connectivity index (χ3v) is 5.77. The van der Waals surface area contributed by atoms with Crippen LogP contribution in [0.2, 0.25) is 0 Å². The fourth-order valence-corrected chi connectivity index (χ4v) is 4.17. The van der Waals surface area contributed by atoms with Gasteiger partial charge in [0.05, 0.1) is 5.54 Å². The summed E-state index contributed by atoms with van der Waals surface area (Å²) in [6.07, 6.45) is -6.50. The number of alkyl halides is 3. The molecule has 3 rings (SSSR count). The van der Waals surface area contributed by atoms with Gasteiger partial charge in [-0.2, -0.15) is 13.2 Å². The Kier molecular flexibility index (Phi) is 7.53. The highest BCUT2D eigenvalue weighted by Crippen LogP contribution is 2.36. The van der Waals surface area contributed by atoms with Crippen LogP contribution >= 0.6 is 0 Å². The Balaban J connectivity index is 1.86. The number of benzene rings is 1. The van der Waals surface area contributed by atoms with E-state index in [0.717, 1.165) is 4.57 Å². The largest absolute Gasteiger partial charge is 0.451 e. The van der Waals surface area contributed by atoms with Crippen molar-refractivity contribution in [1.29, 1.82) is 0 Å². The number of nitrogens with zero attached hydrogens (tertiary/aromatic N) is 4. The van der Waals surface area contributed by atoms with Crippen LogP contribution in [0.5, 0.6) is 0 Å². The van der Waals surface area contributed by atoms with Crippen LogP contribution in [0, 0.1) is 17.5 Å². The average molecular weight is 535 g/mol. The van der Waals surface area contributed by atoms with Gasteiger partial charge in [-0.1, -0.05) is 0 Å². The van der Waals surface area contributed by atoms with Crippen molar-refractivity contribution in [3.05, 3.63) is 46.8 Å². The molecule has 1 aliphatic heterocycles. The molecule has 2 amide bonds. The molecular weight excluding hydrogens is 508 g/mol. The van der Waals surface area contributed by atoms with E-state index in [2.05, 4.69) is 15.5 Å². The Hall–Kier alpha value is -3.32. The molecule has 0 bridgehead atoms. The number of ether oxygens (including phenoxy) is 1. The molecule has 0 fully saturated rings. The van der Waals surface area contributed by atoms with Crippen LogP contribution in [0.15, 0.2) is 12.1 Å². The Morgan fingerprint density at radius 1 is 1.05 bits per heavy atom. The standard InChI is InChI=1S/C23H27F6N5O3/c1-21(2,3)37-20(36)30-13(8-12-9-15(25)16(26)11-14(12)24)10-17(35)34-7-6-33-18(22(34,4)5)31-32-19(33)23(27,28)29/h9,11,13H,6-8,10H2,1-5H3,(H,30,36). The molecule has 0 radical (unpaired) electrons. The molecular formula is C23H27F6N5O3. The van der Waals surface area contributed by atoms with Crippen LogP contribution in [0.3, 0.4) is 0 Å². The van der Waals surface area contributed by atoms with Crippen LogP contribution < -0.4 is 5.32 Å². The Labute approximate surface area is 209 Å². The first kappa shape index (κ1) is 28.3.